The standard InChI is InChI=1S/C6H5Cl2N3/c7-6(8)2-1-4-5(3-6)10-11-9-4/h1-2H,3H2,(H,9,10,11). The molecule has 0 unspecified atom stereocenters. The maximum atomic E-state index is 5.85. The molecule has 5 heteroatoms. The number of rotatable bonds is 0. The maximum Gasteiger partial charge on any atom is 0.142 e. The monoisotopic (exact) mass is 189 g/mol. The summed E-state index contributed by atoms with van der Waals surface area (Å²) < 4.78 is -0.816. The zero-order valence-corrected chi connectivity index (χ0v) is 7.02. The Balaban J connectivity index is 2.44. The average Bonchev–Trinajstić information content (AvgIpc) is 2.31. The minimum absolute atomic E-state index is 0.512. The molecule has 0 radical (unpaired) electrons. The molecule has 58 valence electrons. The van der Waals surface area contributed by atoms with Gasteiger partial charge in [-0.25, -0.2) is 0 Å². The van der Waals surface area contributed by atoms with E-state index in [1.54, 1.807) is 12.2 Å². The van der Waals surface area contributed by atoms with Crippen LogP contribution in [0.25, 0.3) is 6.08 Å². The Morgan fingerprint density at radius 3 is 3.09 bits per heavy atom. The number of alkyl halides is 2. The second kappa shape index (κ2) is 2.22. The van der Waals surface area contributed by atoms with Crippen molar-refractivity contribution in [1.29, 1.82) is 0 Å². The third kappa shape index (κ3) is 1.26. The highest BCUT2D eigenvalue weighted by Gasteiger charge is 2.27. The number of hydrogen-bond acceptors (Lipinski definition) is 2. The number of aromatic nitrogens is 3. The van der Waals surface area contributed by atoms with Gasteiger partial charge in [-0.2, -0.15) is 15.4 Å². The van der Waals surface area contributed by atoms with E-state index in [9.17, 15) is 0 Å². The van der Waals surface area contributed by atoms with Gasteiger partial charge in [0.15, 0.2) is 0 Å². The van der Waals surface area contributed by atoms with Gasteiger partial charge in [-0.15, -0.1) is 0 Å². The number of allylic oxidation sites excluding steroid dienone is 1. The molecule has 1 heterocycles. The van der Waals surface area contributed by atoms with Gasteiger partial charge in [0.2, 0.25) is 0 Å². The van der Waals surface area contributed by atoms with Gasteiger partial charge in [-0.05, 0) is 12.2 Å². The lowest BCUT2D eigenvalue weighted by Gasteiger charge is -2.16. The molecule has 1 aliphatic carbocycles. The third-order valence-electron chi connectivity index (χ3n) is 1.54. The first-order valence-electron chi connectivity index (χ1n) is 3.14. The highest BCUT2D eigenvalue weighted by Crippen LogP contribution is 2.32. The van der Waals surface area contributed by atoms with Crippen LogP contribution in [0.4, 0.5) is 0 Å². The summed E-state index contributed by atoms with van der Waals surface area (Å²) in [5, 5.41) is 10.3. The highest BCUT2D eigenvalue weighted by atomic mass is 35.5. The molecule has 1 aliphatic rings. The fraction of sp³-hybridized carbons (Fsp3) is 0.333. The first-order valence-corrected chi connectivity index (χ1v) is 3.90. The third-order valence-corrected chi connectivity index (χ3v) is 2.06. The van der Waals surface area contributed by atoms with E-state index in [0.29, 0.717) is 6.42 Å². The molecule has 0 bridgehead atoms. The summed E-state index contributed by atoms with van der Waals surface area (Å²) in [6, 6.07) is 0. The summed E-state index contributed by atoms with van der Waals surface area (Å²) >= 11 is 11.7. The zero-order chi connectivity index (χ0) is 7.90. The van der Waals surface area contributed by atoms with Crippen LogP contribution in [-0.4, -0.2) is 19.7 Å². The van der Waals surface area contributed by atoms with Gasteiger partial charge >= 0.3 is 0 Å². The predicted molar refractivity (Wildman–Crippen MR) is 43.6 cm³/mol. The largest absolute Gasteiger partial charge is 0.197 e. The van der Waals surface area contributed by atoms with Crippen LogP contribution in [0, 0.1) is 0 Å². The lowest BCUT2D eigenvalue weighted by molar-refractivity contribution is 0.857. The van der Waals surface area contributed by atoms with E-state index in [4.69, 9.17) is 23.2 Å². The normalized spacial score (nSPS) is 19.8. The Morgan fingerprint density at radius 2 is 2.27 bits per heavy atom. The number of aromatic amines is 1. The summed E-state index contributed by atoms with van der Waals surface area (Å²) in [4.78, 5) is 0. The van der Waals surface area contributed by atoms with E-state index < -0.39 is 4.33 Å². The second-order valence-electron chi connectivity index (χ2n) is 2.43. The molecule has 11 heavy (non-hydrogen) atoms. The molecule has 0 fully saturated rings. The summed E-state index contributed by atoms with van der Waals surface area (Å²) in [6.45, 7) is 0. The van der Waals surface area contributed by atoms with Crippen LogP contribution in [0.5, 0.6) is 0 Å². The lowest BCUT2D eigenvalue weighted by atomic mass is 10.1. The second-order valence-corrected chi connectivity index (χ2v) is 3.97. The van der Waals surface area contributed by atoms with E-state index in [1.165, 1.54) is 0 Å². The van der Waals surface area contributed by atoms with Gasteiger partial charge in [-0.3, -0.25) is 0 Å². The Morgan fingerprint density at radius 1 is 1.45 bits per heavy atom. The maximum absolute atomic E-state index is 5.85. The molecule has 0 saturated heterocycles. The molecule has 0 aromatic carbocycles. The molecule has 1 aromatic rings. The van der Waals surface area contributed by atoms with Gasteiger partial charge in [-0.1, -0.05) is 23.2 Å². The predicted octanol–water partition coefficient (Wildman–Crippen LogP) is 1.55. The number of nitrogens with zero attached hydrogens (tertiary/aromatic N) is 2. The van der Waals surface area contributed by atoms with E-state index in [-0.39, 0.29) is 0 Å². The quantitative estimate of drug-likeness (QED) is 0.630. The number of nitrogens with one attached hydrogen (secondary N) is 1. The van der Waals surface area contributed by atoms with Crippen molar-refractivity contribution in [3.05, 3.63) is 17.5 Å². The van der Waals surface area contributed by atoms with Crippen molar-refractivity contribution >= 4 is 29.3 Å². The Kier molecular flexibility index (Phi) is 1.44. The van der Waals surface area contributed by atoms with Crippen molar-refractivity contribution in [3.63, 3.8) is 0 Å². The molecular weight excluding hydrogens is 185 g/mol. The molecule has 0 aliphatic heterocycles. The molecule has 0 saturated carbocycles. The van der Waals surface area contributed by atoms with Crippen LogP contribution < -0.4 is 0 Å². The summed E-state index contributed by atoms with van der Waals surface area (Å²) in [5.41, 5.74) is 1.64. The van der Waals surface area contributed by atoms with E-state index in [1.807, 2.05) is 0 Å². The van der Waals surface area contributed by atoms with Crippen LogP contribution in [0.1, 0.15) is 11.4 Å². The number of H-pyrrole nitrogens is 1. The topological polar surface area (TPSA) is 41.6 Å². The van der Waals surface area contributed by atoms with Crippen molar-refractivity contribution < 1.29 is 0 Å². The van der Waals surface area contributed by atoms with E-state index in [2.05, 4.69) is 15.4 Å². The number of halogens is 2. The van der Waals surface area contributed by atoms with Crippen molar-refractivity contribution in [3.8, 4) is 0 Å². The summed E-state index contributed by atoms with van der Waals surface area (Å²) in [6.07, 6.45) is 3.99. The van der Waals surface area contributed by atoms with Crippen molar-refractivity contribution in [2.24, 2.45) is 0 Å². The molecule has 1 aromatic heterocycles. The van der Waals surface area contributed by atoms with Crippen LogP contribution in [0.15, 0.2) is 6.08 Å². The minimum atomic E-state index is -0.816. The van der Waals surface area contributed by atoms with Crippen molar-refractivity contribution in [2.75, 3.05) is 0 Å². The SMILES string of the molecule is ClC1(Cl)C=Cc2n[nH]nc2C1. The van der Waals surface area contributed by atoms with Crippen LogP contribution in [0.3, 0.4) is 0 Å². The molecule has 1 N–H and O–H groups in total. The van der Waals surface area contributed by atoms with Crippen LogP contribution in [-0.2, 0) is 6.42 Å². The Labute approximate surface area is 73.4 Å². The number of fused-ring (bicyclic) bond motifs is 1. The van der Waals surface area contributed by atoms with Crippen LogP contribution >= 0.6 is 23.2 Å². The highest BCUT2D eigenvalue weighted by molar-refractivity contribution is 6.50. The van der Waals surface area contributed by atoms with Crippen molar-refractivity contribution in [1.82, 2.24) is 15.4 Å². The molecule has 0 atom stereocenters. The minimum Gasteiger partial charge on any atom is -0.197 e. The number of hydrogen-bond donors (Lipinski definition) is 1. The van der Waals surface area contributed by atoms with Gasteiger partial charge < -0.3 is 0 Å². The molecule has 0 spiro atoms. The molecular formula is C6H5Cl2N3. The smallest absolute Gasteiger partial charge is 0.142 e. The first-order chi connectivity index (χ1) is 5.17. The molecule has 2 rings (SSSR count). The van der Waals surface area contributed by atoms with Gasteiger partial charge in [0.25, 0.3) is 0 Å². The fourth-order valence-electron chi connectivity index (χ4n) is 1.01. The first kappa shape index (κ1) is 7.13. The lowest BCUT2D eigenvalue weighted by Crippen LogP contribution is -2.16. The Hall–Kier alpha value is -0.540. The summed E-state index contributed by atoms with van der Waals surface area (Å²) in [5.74, 6) is 0. The fourth-order valence-corrected chi connectivity index (χ4v) is 1.39. The zero-order valence-electron chi connectivity index (χ0n) is 5.51. The Bertz CT molecular complexity index is 303. The van der Waals surface area contributed by atoms with Crippen LogP contribution in [0.2, 0.25) is 0 Å². The summed E-state index contributed by atoms with van der Waals surface area (Å²) in [7, 11) is 0. The van der Waals surface area contributed by atoms with Gasteiger partial charge in [0, 0.05) is 6.42 Å². The molecule has 0 amide bonds. The molecule has 3 nitrogen and oxygen atoms in total. The van der Waals surface area contributed by atoms with E-state index >= 15 is 0 Å². The van der Waals surface area contributed by atoms with E-state index in [0.717, 1.165) is 11.4 Å². The van der Waals surface area contributed by atoms with Gasteiger partial charge in [0.1, 0.15) is 10.0 Å². The van der Waals surface area contributed by atoms with Gasteiger partial charge in [0.05, 0.1) is 5.69 Å². The average molecular weight is 190 g/mol. The van der Waals surface area contributed by atoms with Crippen molar-refractivity contribution in [2.45, 2.75) is 10.8 Å².